The Kier molecular flexibility index (Phi) is 4.01. The first-order valence-corrected chi connectivity index (χ1v) is 7.94. The van der Waals surface area contributed by atoms with Crippen molar-refractivity contribution in [1.29, 1.82) is 0 Å². The highest BCUT2D eigenvalue weighted by atomic mass is 16.2. The lowest BCUT2D eigenvalue weighted by molar-refractivity contribution is -0.116. The summed E-state index contributed by atoms with van der Waals surface area (Å²) in [5.41, 5.74) is 5.65. The van der Waals surface area contributed by atoms with Gasteiger partial charge >= 0.3 is 0 Å². The van der Waals surface area contributed by atoms with Crippen molar-refractivity contribution in [2.75, 3.05) is 5.32 Å². The number of benzene rings is 1. The van der Waals surface area contributed by atoms with Crippen LogP contribution in [0.25, 0.3) is 0 Å². The number of carbonyl (C=O) groups excluding carboxylic acids is 1. The predicted octanol–water partition coefficient (Wildman–Crippen LogP) is 3.26. The largest absolute Gasteiger partial charge is 0.324 e. The Morgan fingerprint density at radius 1 is 1.41 bits per heavy atom. The molecule has 116 valence electrons. The average Bonchev–Trinajstić information content (AvgIpc) is 2.85. The molecule has 0 unspecified atom stereocenters. The Hall–Kier alpha value is -2.10. The Labute approximate surface area is 131 Å². The van der Waals surface area contributed by atoms with Gasteiger partial charge in [-0.15, -0.1) is 0 Å². The molecule has 1 aromatic heterocycles. The van der Waals surface area contributed by atoms with Crippen LogP contribution in [0.2, 0.25) is 0 Å². The molecule has 0 aliphatic heterocycles. The van der Waals surface area contributed by atoms with E-state index < -0.39 is 0 Å². The van der Waals surface area contributed by atoms with Crippen LogP contribution in [-0.4, -0.2) is 15.7 Å². The summed E-state index contributed by atoms with van der Waals surface area (Å²) >= 11 is 0. The Morgan fingerprint density at radius 3 is 3.05 bits per heavy atom. The second-order valence-corrected chi connectivity index (χ2v) is 6.44. The molecule has 22 heavy (non-hydrogen) atoms. The molecular formula is C18H23N3O. The summed E-state index contributed by atoms with van der Waals surface area (Å²) in [6, 6.07) is 5.95. The number of hydrogen-bond donors (Lipinski definition) is 1. The summed E-state index contributed by atoms with van der Waals surface area (Å²) in [6.45, 7) is 6.62. The van der Waals surface area contributed by atoms with Gasteiger partial charge in [-0.25, -0.2) is 0 Å². The summed E-state index contributed by atoms with van der Waals surface area (Å²) < 4.78 is 1.78. The number of carbonyl (C=O) groups is 1. The van der Waals surface area contributed by atoms with E-state index in [1.165, 1.54) is 17.5 Å². The molecule has 0 bridgehead atoms. The number of hydrogen-bond acceptors (Lipinski definition) is 2. The first-order valence-electron chi connectivity index (χ1n) is 7.94. The molecule has 0 spiro atoms. The highest BCUT2D eigenvalue weighted by Crippen LogP contribution is 2.24. The fraction of sp³-hybridized carbons (Fsp3) is 0.444. The zero-order valence-electron chi connectivity index (χ0n) is 13.5. The second-order valence-electron chi connectivity index (χ2n) is 6.44. The number of anilines is 1. The van der Waals surface area contributed by atoms with E-state index in [4.69, 9.17) is 0 Å². The van der Waals surface area contributed by atoms with Crippen molar-refractivity contribution in [3.05, 3.63) is 46.8 Å². The summed E-state index contributed by atoms with van der Waals surface area (Å²) in [6.07, 6.45) is 5.34. The van der Waals surface area contributed by atoms with Gasteiger partial charge in [0.2, 0.25) is 5.91 Å². The van der Waals surface area contributed by atoms with Gasteiger partial charge in [-0.2, -0.15) is 5.10 Å². The minimum atomic E-state index is -0.0263. The van der Waals surface area contributed by atoms with Gasteiger partial charge in [-0.05, 0) is 61.8 Å². The lowest BCUT2D eigenvalue weighted by atomic mass is 9.89. The van der Waals surface area contributed by atoms with Crippen molar-refractivity contribution in [2.45, 2.75) is 46.6 Å². The fourth-order valence-corrected chi connectivity index (χ4v) is 3.05. The lowest BCUT2D eigenvalue weighted by Gasteiger charge is -2.15. The molecule has 4 nitrogen and oxygen atoms in total. The number of aromatic nitrogens is 2. The van der Waals surface area contributed by atoms with Crippen molar-refractivity contribution < 1.29 is 4.79 Å². The van der Waals surface area contributed by atoms with Gasteiger partial charge in [0.05, 0.1) is 5.69 Å². The maximum absolute atomic E-state index is 12.3. The number of rotatable bonds is 3. The third-order valence-electron chi connectivity index (χ3n) is 4.55. The summed E-state index contributed by atoms with van der Waals surface area (Å²) in [5, 5.41) is 7.55. The Morgan fingerprint density at radius 2 is 2.23 bits per heavy atom. The third kappa shape index (κ3) is 3.06. The molecule has 3 rings (SSSR count). The molecule has 1 amide bonds. The molecule has 0 fully saturated rings. The quantitative estimate of drug-likeness (QED) is 0.945. The maximum atomic E-state index is 12.3. The van der Waals surface area contributed by atoms with Crippen LogP contribution < -0.4 is 5.32 Å². The molecule has 0 radical (unpaired) electrons. The molecule has 1 aliphatic rings. The van der Waals surface area contributed by atoms with Gasteiger partial charge < -0.3 is 5.32 Å². The highest BCUT2D eigenvalue weighted by molar-refractivity contribution is 5.91. The molecule has 1 N–H and O–H groups in total. The number of fused-ring (bicyclic) bond motifs is 1. The van der Waals surface area contributed by atoms with Crippen LogP contribution in [0, 0.1) is 19.8 Å². The predicted molar refractivity (Wildman–Crippen MR) is 88.0 cm³/mol. The van der Waals surface area contributed by atoms with Gasteiger partial charge in [0.1, 0.15) is 6.54 Å². The number of nitrogens with one attached hydrogen (secondary N) is 1. The molecule has 0 saturated carbocycles. The van der Waals surface area contributed by atoms with Crippen molar-refractivity contribution in [3.63, 3.8) is 0 Å². The van der Waals surface area contributed by atoms with Gasteiger partial charge in [0.25, 0.3) is 0 Å². The number of amides is 1. The second kappa shape index (κ2) is 5.95. The van der Waals surface area contributed by atoms with E-state index in [0.717, 1.165) is 29.8 Å². The molecule has 2 aromatic rings. The molecule has 1 aromatic carbocycles. The number of aryl methyl sites for hydroxylation is 2. The van der Waals surface area contributed by atoms with Gasteiger partial charge in [-0.3, -0.25) is 9.48 Å². The molecule has 4 heteroatoms. The fourth-order valence-electron chi connectivity index (χ4n) is 3.05. The molecule has 1 aliphatic carbocycles. The van der Waals surface area contributed by atoms with Gasteiger partial charge in [-0.1, -0.05) is 19.1 Å². The first kappa shape index (κ1) is 14.8. The third-order valence-corrected chi connectivity index (χ3v) is 4.55. The van der Waals surface area contributed by atoms with E-state index in [1.807, 2.05) is 38.2 Å². The van der Waals surface area contributed by atoms with Crippen molar-refractivity contribution >= 4 is 11.6 Å². The summed E-state index contributed by atoms with van der Waals surface area (Å²) in [7, 11) is 0. The highest BCUT2D eigenvalue weighted by Gasteiger charge is 2.19. The van der Waals surface area contributed by atoms with E-state index >= 15 is 0 Å². The van der Waals surface area contributed by atoms with Crippen LogP contribution in [0.15, 0.2) is 24.4 Å². The summed E-state index contributed by atoms with van der Waals surface area (Å²) in [5.74, 6) is 0.690. The normalized spacial score (nSPS) is 17.1. The van der Waals surface area contributed by atoms with E-state index in [1.54, 1.807) is 4.68 Å². The zero-order chi connectivity index (χ0) is 15.7. The van der Waals surface area contributed by atoms with Crippen LogP contribution in [0.5, 0.6) is 0 Å². The molecular weight excluding hydrogens is 274 g/mol. The van der Waals surface area contributed by atoms with E-state index in [-0.39, 0.29) is 12.5 Å². The molecule has 1 atom stereocenters. The average molecular weight is 297 g/mol. The van der Waals surface area contributed by atoms with Crippen LogP contribution in [-0.2, 0) is 24.2 Å². The Bertz CT molecular complexity index is 702. The minimum Gasteiger partial charge on any atom is -0.324 e. The van der Waals surface area contributed by atoms with Gasteiger partial charge in [0, 0.05) is 11.9 Å². The smallest absolute Gasteiger partial charge is 0.246 e. The monoisotopic (exact) mass is 297 g/mol. The van der Waals surface area contributed by atoms with Gasteiger partial charge in [0.15, 0.2) is 0 Å². The standard InChI is InChI=1S/C18H23N3O/c1-12-7-8-17-15(9-12)10-21(20-17)11-18(22)19-16-6-4-5-13(2)14(16)3/h4-6,10,12H,7-9,11H2,1-3H3,(H,19,22)/t12-/m0/s1. The topological polar surface area (TPSA) is 46.9 Å². The van der Waals surface area contributed by atoms with Crippen molar-refractivity contribution in [1.82, 2.24) is 9.78 Å². The summed E-state index contributed by atoms with van der Waals surface area (Å²) in [4.78, 5) is 12.3. The number of nitrogens with zero attached hydrogens (tertiary/aromatic N) is 2. The van der Waals surface area contributed by atoms with Crippen molar-refractivity contribution in [2.24, 2.45) is 5.92 Å². The molecule has 1 heterocycles. The minimum absolute atomic E-state index is 0.0263. The zero-order valence-corrected chi connectivity index (χ0v) is 13.5. The van der Waals surface area contributed by atoms with Crippen LogP contribution in [0.4, 0.5) is 5.69 Å². The van der Waals surface area contributed by atoms with E-state index in [0.29, 0.717) is 5.92 Å². The Balaban J connectivity index is 1.68. The van der Waals surface area contributed by atoms with Crippen LogP contribution in [0.3, 0.4) is 0 Å². The van der Waals surface area contributed by atoms with Crippen molar-refractivity contribution in [3.8, 4) is 0 Å². The lowest BCUT2D eigenvalue weighted by Crippen LogP contribution is -2.19. The van der Waals surface area contributed by atoms with E-state index in [9.17, 15) is 4.79 Å². The maximum Gasteiger partial charge on any atom is 0.246 e. The van der Waals surface area contributed by atoms with Crippen LogP contribution in [0.1, 0.15) is 35.7 Å². The van der Waals surface area contributed by atoms with Crippen LogP contribution >= 0.6 is 0 Å². The SMILES string of the molecule is Cc1cccc(NC(=O)Cn2cc3c(n2)CC[C@H](C)C3)c1C. The first-order chi connectivity index (χ1) is 10.5. The molecule has 0 saturated heterocycles. The van der Waals surface area contributed by atoms with E-state index in [2.05, 4.69) is 17.3 Å².